The molecule has 0 aromatic heterocycles. The van der Waals surface area contributed by atoms with Crippen molar-refractivity contribution in [2.75, 3.05) is 27.6 Å². The summed E-state index contributed by atoms with van der Waals surface area (Å²) in [5.74, 6) is 3.12. The van der Waals surface area contributed by atoms with Crippen LogP contribution >= 0.6 is 0 Å². The number of benzene rings is 2. The van der Waals surface area contributed by atoms with Crippen LogP contribution in [0, 0.1) is 11.8 Å². The second-order valence-electron chi connectivity index (χ2n) is 7.26. The van der Waals surface area contributed by atoms with Gasteiger partial charge in [0.05, 0.1) is 20.8 Å². The number of ether oxygens (including phenoxy) is 5. The highest BCUT2D eigenvalue weighted by Crippen LogP contribution is 2.52. The van der Waals surface area contributed by atoms with Crippen molar-refractivity contribution >= 4 is 0 Å². The lowest BCUT2D eigenvalue weighted by atomic mass is 9.67. The molecule has 1 aliphatic carbocycles. The molecule has 0 spiro atoms. The lowest BCUT2D eigenvalue weighted by Crippen LogP contribution is -2.33. The lowest BCUT2D eigenvalue weighted by Gasteiger charge is -2.36. The van der Waals surface area contributed by atoms with Gasteiger partial charge in [0.25, 0.3) is 0 Å². The van der Waals surface area contributed by atoms with Crippen LogP contribution in [0.3, 0.4) is 0 Å². The summed E-state index contributed by atoms with van der Waals surface area (Å²) in [4.78, 5) is 0. The summed E-state index contributed by atoms with van der Waals surface area (Å²) >= 11 is 0. The lowest BCUT2D eigenvalue weighted by molar-refractivity contribution is -0.0853. The van der Waals surface area contributed by atoms with Gasteiger partial charge in [-0.05, 0) is 53.3 Å². The van der Waals surface area contributed by atoms with Crippen molar-refractivity contribution in [3.05, 3.63) is 47.0 Å². The van der Waals surface area contributed by atoms with Crippen molar-refractivity contribution in [1.82, 2.24) is 0 Å². The summed E-state index contributed by atoms with van der Waals surface area (Å²) in [6.45, 7) is 0.807. The maximum atomic E-state index is 10.6. The molecule has 1 saturated heterocycles. The highest BCUT2D eigenvalue weighted by molar-refractivity contribution is 5.55. The summed E-state index contributed by atoms with van der Waals surface area (Å²) < 4.78 is 27.7. The van der Waals surface area contributed by atoms with Gasteiger partial charge in [0.2, 0.25) is 6.79 Å². The second-order valence-corrected chi connectivity index (χ2v) is 7.26. The standard InChI is InChI=1S/C21H22O6/c1-23-15-4-3-11(6-16(15)24-2)19-14-8-18-17(26-10-27-18)7-12(14)5-13-9-25-21(22)20(13)19/h3-4,6-8,13,19-22H,5,9-10H2,1-2H3. The number of hydrogen-bond donors (Lipinski definition) is 1. The molecule has 4 atom stereocenters. The highest BCUT2D eigenvalue weighted by atomic mass is 16.7. The zero-order valence-corrected chi connectivity index (χ0v) is 15.3. The fourth-order valence-electron chi connectivity index (χ4n) is 4.71. The highest BCUT2D eigenvalue weighted by Gasteiger charge is 2.47. The van der Waals surface area contributed by atoms with Crippen LogP contribution in [0.4, 0.5) is 0 Å². The fourth-order valence-corrected chi connectivity index (χ4v) is 4.71. The summed E-state index contributed by atoms with van der Waals surface area (Å²) in [5, 5.41) is 10.6. The van der Waals surface area contributed by atoms with E-state index in [0.717, 1.165) is 29.0 Å². The minimum atomic E-state index is -0.785. The molecule has 6 nitrogen and oxygen atoms in total. The van der Waals surface area contributed by atoms with E-state index in [1.807, 2.05) is 18.2 Å². The van der Waals surface area contributed by atoms with Crippen molar-refractivity contribution in [2.45, 2.75) is 18.6 Å². The van der Waals surface area contributed by atoms with E-state index in [4.69, 9.17) is 23.7 Å². The van der Waals surface area contributed by atoms with Gasteiger partial charge >= 0.3 is 0 Å². The number of aliphatic hydroxyl groups excluding tert-OH is 1. The molecule has 4 unspecified atom stereocenters. The predicted molar refractivity (Wildman–Crippen MR) is 96.6 cm³/mol. The fraction of sp³-hybridized carbons (Fsp3) is 0.429. The minimum Gasteiger partial charge on any atom is -0.493 e. The quantitative estimate of drug-likeness (QED) is 0.896. The molecule has 2 aromatic rings. The van der Waals surface area contributed by atoms with E-state index in [-0.39, 0.29) is 24.5 Å². The molecule has 142 valence electrons. The Hall–Kier alpha value is -2.44. The van der Waals surface area contributed by atoms with Crippen LogP contribution in [0.2, 0.25) is 0 Å². The van der Waals surface area contributed by atoms with Crippen molar-refractivity contribution in [3.8, 4) is 23.0 Å². The average Bonchev–Trinajstić information content (AvgIpc) is 3.30. The van der Waals surface area contributed by atoms with Crippen LogP contribution in [0.15, 0.2) is 30.3 Å². The van der Waals surface area contributed by atoms with Gasteiger partial charge in [0, 0.05) is 11.8 Å². The Labute approximate surface area is 157 Å². The molecular formula is C21H22O6. The Morgan fingerprint density at radius 2 is 1.78 bits per heavy atom. The van der Waals surface area contributed by atoms with Crippen LogP contribution in [0.25, 0.3) is 0 Å². The Balaban J connectivity index is 1.67. The number of hydrogen-bond acceptors (Lipinski definition) is 6. The summed E-state index contributed by atoms with van der Waals surface area (Å²) in [7, 11) is 3.25. The first kappa shape index (κ1) is 16.7. The second kappa shape index (κ2) is 6.32. The average molecular weight is 370 g/mol. The van der Waals surface area contributed by atoms with E-state index < -0.39 is 6.29 Å². The number of fused-ring (bicyclic) bond motifs is 3. The molecule has 2 aliphatic heterocycles. The molecule has 2 aromatic carbocycles. The minimum absolute atomic E-state index is 0.0176. The molecular weight excluding hydrogens is 348 g/mol. The van der Waals surface area contributed by atoms with Gasteiger partial charge in [0.1, 0.15) is 0 Å². The molecule has 1 N–H and O–H groups in total. The molecule has 5 rings (SSSR count). The van der Waals surface area contributed by atoms with E-state index in [1.54, 1.807) is 14.2 Å². The van der Waals surface area contributed by atoms with E-state index in [2.05, 4.69) is 12.1 Å². The summed E-state index contributed by atoms with van der Waals surface area (Å²) in [6.07, 6.45) is 0.0731. The predicted octanol–water partition coefficient (Wildman–Crippen LogP) is 2.70. The third-order valence-corrected chi connectivity index (χ3v) is 5.96. The molecule has 0 saturated carbocycles. The largest absolute Gasteiger partial charge is 0.493 e. The Kier molecular flexibility index (Phi) is 3.91. The molecule has 0 bridgehead atoms. The van der Waals surface area contributed by atoms with Crippen LogP contribution in [0.5, 0.6) is 23.0 Å². The zero-order valence-electron chi connectivity index (χ0n) is 15.3. The third-order valence-electron chi connectivity index (χ3n) is 5.96. The first-order chi connectivity index (χ1) is 13.2. The van der Waals surface area contributed by atoms with Gasteiger partial charge in [-0.3, -0.25) is 0 Å². The first-order valence-corrected chi connectivity index (χ1v) is 9.13. The van der Waals surface area contributed by atoms with Crippen molar-refractivity contribution in [2.24, 2.45) is 11.8 Å². The normalized spacial score (nSPS) is 27.8. The van der Waals surface area contributed by atoms with E-state index >= 15 is 0 Å². The molecule has 27 heavy (non-hydrogen) atoms. The Bertz CT molecular complexity index is 879. The monoisotopic (exact) mass is 370 g/mol. The number of aliphatic hydroxyl groups is 1. The van der Waals surface area contributed by atoms with E-state index in [0.29, 0.717) is 18.1 Å². The van der Waals surface area contributed by atoms with Gasteiger partial charge in [-0.25, -0.2) is 0 Å². The molecule has 2 heterocycles. The maximum absolute atomic E-state index is 10.6. The summed E-state index contributed by atoms with van der Waals surface area (Å²) in [6, 6.07) is 10.1. The Morgan fingerprint density at radius 3 is 2.56 bits per heavy atom. The molecule has 0 radical (unpaired) electrons. The van der Waals surface area contributed by atoms with Crippen molar-refractivity contribution < 1.29 is 28.8 Å². The van der Waals surface area contributed by atoms with Crippen LogP contribution in [-0.2, 0) is 11.2 Å². The van der Waals surface area contributed by atoms with Crippen molar-refractivity contribution in [3.63, 3.8) is 0 Å². The third kappa shape index (κ3) is 2.55. The van der Waals surface area contributed by atoms with E-state index in [1.165, 1.54) is 5.56 Å². The number of rotatable bonds is 3. The smallest absolute Gasteiger partial charge is 0.231 e. The van der Waals surface area contributed by atoms with Crippen LogP contribution < -0.4 is 18.9 Å². The van der Waals surface area contributed by atoms with Gasteiger partial charge < -0.3 is 28.8 Å². The molecule has 0 amide bonds. The summed E-state index contributed by atoms with van der Waals surface area (Å²) in [5.41, 5.74) is 3.43. The first-order valence-electron chi connectivity index (χ1n) is 9.13. The molecule has 3 aliphatic rings. The zero-order chi connectivity index (χ0) is 18.5. The maximum Gasteiger partial charge on any atom is 0.231 e. The topological polar surface area (TPSA) is 66.4 Å². The van der Waals surface area contributed by atoms with Crippen molar-refractivity contribution in [1.29, 1.82) is 0 Å². The van der Waals surface area contributed by atoms with Gasteiger partial charge in [-0.15, -0.1) is 0 Å². The number of methoxy groups -OCH3 is 2. The van der Waals surface area contributed by atoms with Gasteiger partial charge in [0.15, 0.2) is 29.3 Å². The molecule has 6 heteroatoms. The van der Waals surface area contributed by atoms with Crippen LogP contribution in [-0.4, -0.2) is 39.0 Å². The molecule has 1 fully saturated rings. The van der Waals surface area contributed by atoms with Crippen LogP contribution in [0.1, 0.15) is 22.6 Å². The van der Waals surface area contributed by atoms with E-state index in [9.17, 15) is 5.11 Å². The van der Waals surface area contributed by atoms with Gasteiger partial charge in [-0.2, -0.15) is 0 Å². The SMILES string of the molecule is COc1ccc(C2c3cc4c(cc3CC3COC(O)C32)OCO4)cc1OC. The Morgan fingerprint density at radius 1 is 1.00 bits per heavy atom. The van der Waals surface area contributed by atoms with Gasteiger partial charge in [-0.1, -0.05) is 6.07 Å².